The molecule has 0 bridgehead atoms. The summed E-state index contributed by atoms with van der Waals surface area (Å²) in [5.41, 5.74) is 8.47. The van der Waals surface area contributed by atoms with Gasteiger partial charge in [-0.15, -0.1) is 0 Å². The van der Waals surface area contributed by atoms with Gasteiger partial charge in [-0.05, 0) is 35.4 Å². The van der Waals surface area contributed by atoms with E-state index in [1.165, 1.54) is 0 Å². The van der Waals surface area contributed by atoms with Gasteiger partial charge in [0, 0.05) is 11.6 Å². The van der Waals surface area contributed by atoms with Gasteiger partial charge < -0.3 is 20.3 Å². The molecule has 116 valence electrons. The van der Waals surface area contributed by atoms with Crippen molar-refractivity contribution >= 4 is 5.97 Å². The molecule has 0 aliphatic heterocycles. The predicted molar refractivity (Wildman–Crippen MR) is 84.2 cm³/mol. The van der Waals surface area contributed by atoms with Crippen molar-refractivity contribution in [2.45, 2.75) is 12.5 Å². The third-order valence-electron chi connectivity index (χ3n) is 3.43. The number of carboxylic acid groups (broad SMARTS) is 1. The first-order valence-corrected chi connectivity index (χ1v) is 6.85. The number of carbonyl (C=O) groups is 1. The molecule has 3 N–H and O–H groups in total. The summed E-state index contributed by atoms with van der Waals surface area (Å²) in [7, 11) is 3.20. The largest absolute Gasteiger partial charge is 0.497 e. The van der Waals surface area contributed by atoms with Gasteiger partial charge in [0.1, 0.15) is 11.5 Å². The zero-order valence-electron chi connectivity index (χ0n) is 12.6. The minimum Gasteiger partial charge on any atom is -0.497 e. The number of aliphatic carboxylic acids is 1. The van der Waals surface area contributed by atoms with Crippen molar-refractivity contribution in [3.63, 3.8) is 0 Å². The van der Waals surface area contributed by atoms with E-state index in [0.717, 1.165) is 22.4 Å². The van der Waals surface area contributed by atoms with Crippen LogP contribution in [0.25, 0.3) is 11.1 Å². The van der Waals surface area contributed by atoms with Crippen molar-refractivity contribution < 1.29 is 19.4 Å². The summed E-state index contributed by atoms with van der Waals surface area (Å²) in [6, 6.07) is 12.5. The second-order valence-corrected chi connectivity index (χ2v) is 4.90. The van der Waals surface area contributed by atoms with Gasteiger partial charge in [0.2, 0.25) is 0 Å². The van der Waals surface area contributed by atoms with E-state index in [1.54, 1.807) is 14.2 Å². The molecular formula is C17H19NO4. The Labute approximate surface area is 129 Å². The van der Waals surface area contributed by atoms with Crippen LogP contribution in [0.3, 0.4) is 0 Å². The molecule has 0 heterocycles. The smallest absolute Gasteiger partial charge is 0.305 e. The van der Waals surface area contributed by atoms with E-state index in [1.807, 2.05) is 42.5 Å². The number of hydrogen-bond donors (Lipinski definition) is 2. The summed E-state index contributed by atoms with van der Waals surface area (Å²) in [5, 5.41) is 8.87. The number of benzene rings is 2. The van der Waals surface area contributed by atoms with Gasteiger partial charge >= 0.3 is 5.97 Å². The molecule has 0 fully saturated rings. The molecule has 1 atom stereocenters. The van der Waals surface area contributed by atoms with Crippen LogP contribution in [0.15, 0.2) is 42.5 Å². The second-order valence-electron chi connectivity index (χ2n) is 4.90. The maximum atomic E-state index is 10.8. The molecule has 2 rings (SSSR count). The lowest BCUT2D eigenvalue weighted by Gasteiger charge is -2.14. The second kappa shape index (κ2) is 6.95. The van der Waals surface area contributed by atoms with Gasteiger partial charge in [-0.2, -0.15) is 0 Å². The fourth-order valence-corrected chi connectivity index (χ4v) is 2.28. The van der Waals surface area contributed by atoms with Crippen molar-refractivity contribution in [2.24, 2.45) is 5.73 Å². The van der Waals surface area contributed by atoms with E-state index >= 15 is 0 Å². The van der Waals surface area contributed by atoms with E-state index in [9.17, 15) is 4.79 Å². The quantitative estimate of drug-likeness (QED) is 0.857. The van der Waals surface area contributed by atoms with E-state index in [2.05, 4.69) is 0 Å². The minimum atomic E-state index is -0.920. The van der Waals surface area contributed by atoms with Crippen molar-refractivity contribution in [1.29, 1.82) is 0 Å². The highest BCUT2D eigenvalue weighted by molar-refractivity contribution is 5.73. The normalized spacial score (nSPS) is 11.8. The van der Waals surface area contributed by atoms with Gasteiger partial charge in [-0.3, -0.25) is 4.79 Å². The molecule has 2 aromatic rings. The highest BCUT2D eigenvalue weighted by Crippen LogP contribution is 2.34. The fourth-order valence-electron chi connectivity index (χ4n) is 2.28. The van der Waals surface area contributed by atoms with Gasteiger partial charge in [0.25, 0.3) is 0 Å². The first-order chi connectivity index (χ1) is 10.5. The molecule has 0 aromatic heterocycles. The Morgan fingerprint density at radius 3 is 2.59 bits per heavy atom. The number of rotatable bonds is 6. The maximum absolute atomic E-state index is 10.8. The Hall–Kier alpha value is -2.53. The lowest BCUT2D eigenvalue weighted by atomic mass is 9.97. The Morgan fingerprint density at radius 1 is 1.18 bits per heavy atom. The van der Waals surface area contributed by atoms with Crippen LogP contribution in [-0.2, 0) is 4.79 Å². The molecule has 0 aliphatic carbocycles. The Bertz CT molecular complexity index is 669. The third-order valence-corrected chi connectivity index (χ3v) is 3.43. The number of nitrogens with two attached hydrogens (primary N) is 1. The van der Waals surface area contributed by atoms with Crippen molar-refractivity contribution in [3.8, 4) is 22.6 Å². The first-order valence-electron chi connectivity index (χ1n) is 6.85. The first kappa shape index (κ1) is 15.9. The van der Waals surface area contributed by atoms with E-state index in [4.69, 9.17) is 20.3 Å². The van der Waals surface area contributed by atoms with Gasteiger partial charge in [0.05, 0.1) is 20.6 Å². The van der Waals surface area contributed by atoms with Crippen LogP contribution in [0, 0.1) is 0 Å². The summed E-state index contributed by atoms with van der Waals surface area (Å²) in [6.45, 7) is 0. The molecule has 5 nitrogen and oxygen atoms in total. The van der Waals surface area contributed by atoms with Crippen LogP contribution in [0.5, 0.6) is 11.5 Å². The summed E-state index contributed by atoms with van der Waals surface area (Å²) in [6.07, 6.45) is -0.112. The minimum absolute atomic E-state index is 0.112. The molecule has 0 unspecified atom stereocenters. The fraction of sp³-hybridized carbons (Fsp3) is 0.235. The molecule has 0 aliphatic rings. The average molecular weight is 301 g/mol. The van der Waals surface area contributed by atoms with E-state index in [-0.39, 0.29) is 6.42 Å². The molecule has 5 heteroatoms. The third kappa shape index (κ3) is 3.56. The van der Waals surface area contributed by atoms with Gasteiger partial charge in [0.15, 0.2) is 0 Å². The topological polar surface area (TPSA) is 81.8 Å². The molecule has 2 aromatic carbocycles. The van der Waals surface area contributed by atoms with Crippen LogP contribution in [-0.4, -0.2) is 25.3 Å². The molecule has 22 heavy (non-hydrogen) atoms. The number of ether oxygens (including phenoxy) is 2. The van der Waals surface area contributed by atoms with Crippen LogP contribution in [0.2, 0.25) is 0 Å². The standard InChI is InChI=1S/C17H19NO4/c1-21-13-6-7-16(22-2)14(9-13)11-4-3-5-12(8-11)15(18)10-17(19)20/h3-9,15H,10,18H2,1-2H3,(H,19,20)/t15-/m0/s1. The maximum Gasteiger partial charge on any atom is 0.305 e. The number of methoxy groups -OCH3 is 2. The Kier molecular flexibility index (Phi) is 5.01. The van der Waals surface area contributed by atoms with Crippen LogP contribution >= 0.6 is 0 Å². The average Bonchev–Trinajstić information content (AvgIpc) is 2.53. The van der Waals surface area contributed by atoms with Crippen molar-refractivity contribution in [3.05, 3.63) is 48.0 Å². The van der Waals surface area contributed by atoms with Gasteiger partial charge in [-0.25, -0.2) is 0 Å². The Morgan fingerprint density at radius 2 is 1.95 bits per heavy atom. The predicted octanol–water partition coefficient (Wildman–Crippen LogP) is 2.85. The zero-order chi connectivity index (χ0) is 16.1. The van der Waals surface area contributed by atoms with Crippen molar-refractivity contribution in [2.75, 3.05) is 14.2 Å². The number of hydrogen-bond acceptors (Lipinski definition) is 4. The zero-order valence-corrected chi connectivity index (χ0v) is 12.6. The molecule has 0 saturated carbocycles. The summed E-state index contributed by atoms with van der Waals surface area (Å²) < 4.78 is 10.6. The molecule has 0 amide bonds. The summed E-state index contributed by atoms with van der Waals surface area (Å²) in [4.78, 5) is 10.8. The van der Waals surface area contributed by atoms with Crippen LogP contribution in [0.1, 0.15) is 18.0 Å². The molecule has 0 saturated heterocycles. The summed E-state index contributed by atoms with van der Waals surface area (Å²) >= 11 is 0. The summed E-state index contributed by atoms with van der Waals surface area (Å²) in [5.74, 6) is 0.512. The van der Waals surface area contributed by atoms with E-state index in [0.29, 0.717) is 5.75 Å². The highest BCUT2D eigenvalue weighted by Gasteiger charge is 2.13. The monoisotopic (exact) mass is 301 g/mol. The molecular weight excluding hydrogens is 282 g/mol. The van der Waals surface area contributed by atoms with Gasteiger partial charge in [-0.1, -0.05) is 18.2 Å². The lowest BCUT2D eigenvalue weighted by Crippen LogP contribution is -2.14. The van der Waals surface area contributed by atoms with Crippen LogP contribution in [0.4, 0.5) is 0 Å². The van der Waals surface area contributed by atoms with Crippen molar-refractivity contribution in [1.82, 2.24) is 0 Å². The molecule has 0 radical (unpaired) electrons. The number of carboxylic acids is 1. The van der Waals surface area contributed by atoms with Crippen LogP contribution < -0.4 is 15.2 Å². The highest BCUT2D eigenvalue weighted by atomic mass is 16.5. The van der Waals surface area contributed by atoms with E-state index < -0.39 is 12.0 Å². The lowest BCUT2D eigenvalue weighted by molar-refractivity contribution is -0.137. The molecule has 0 spiro atoms. The SMILES string of the molecule is COc1ccc(OC)c(-c2cccc([C@@H](N)CC(=O)O)c2)c1. The Balaban J connectivity index is 2.43.